The van der Waals surface area contributed by atoms with E-state index in [1.54, 1.807) is 6.07 Å². The number of fused-ring (bicyclic) bond motifs is 1. The molecular weight excluding hydrogens is 566 g/mol. The summed E-state index contributed by atoms with van der Waals surface area (Å²) < 4.78 is 31.9. The molecule has 1 atom stereocenters. The first kappa shape index (κ1) is 29.5. The molecule has 1 aliphatic carbocycles. The van der Waals surface area contributed by atoms with Crippen LogP contribution < -0.4 is 10.2 Å². The topological polar surface area (TPSA) is 57.2 Å². The normalized spacial score (nSPS) is 18.6. The van der Waals surface area contributed by atoms with E-state index in [0.29, 0.717) is 52.6 Å². The first-order chi connectivity index (χ1) is 21.6. The summed E-state index contributed by atoms with van der Waals surface area (Å²) >= 11 is 0. The number of terminal acetylenes is 1. The zero-order valence-corrected chi connectivity index (χ0v) is 26.6. The van der Waals surface area contributed by atoms with Gasteiger partial charge in [0.2, 0.25) is 0 Å². The number of nitrogens with one attached hydrogen (secondary N) is 1. The fourth-order valence-corrected chi connectivity index (χ4v) is 7.78. The van der Waals surface area contributed by atoms with Crippen molar-refractivity contribution < 1.29 is 8.78 Å². The predicted molar refractivity (Wildman–Crippen MR) is 177 cm³/mol. The maximum absolute atomic E-state index is 17.0. The molecular formula is C37H40F2N6. The lowest BCUT2D eigenvalue weighted by molar-refractivity contribution is -0.0651. The molecule has 0 amide bonds. The molecule has 2 aliphatic heterocycles. The molecule has 2 fully saturated rings. The highest BCUT2D eigenvalue weighted by molar-refractivity contribution is 6.03. The fourth-order valence-electron chi connectivity index (χ4n) is 7.78. The molecule has 1 saturated carbocycles. The van der Waals surface area contributed by atoms with Gasteiger partial charge in [-0.15, -0.1) is 6.42 Å². The van der Waals surface area contributed by atoms with Crippen LogP contribution in [0.25, 0.3) is 32.9 Å². The molecule has 1 saturated heterocycles. The summed E-state index contributed by atoms with van der Waals surface area (Å²) in [6.45, 7) is 15.3. The van der Waals surface area contributed by atoms with Gasteiger partial charge >= 0.3 is 0 Å². The molecule has 1 spiro atoms. The summed E-state index contributed by atoms with van der Waals surface area (Å²) in [5, 5.41) is 5.41. The van der Waals surface area contributed by atoms with Crippen molar-refractivity contribution in [3.63, 3.8) is 0 Å². The Morgan fingerprint density at radius 1 is 1.18 bits per heavy atom. The molecule has 0 radical (unpaired) electrons. The lowest BCUT2D eigenvalue weighted by Crippen LogP contribution is -2.71. The number of likely N-dealkylation sites (tertiary alicyclic amines) is 1. The number of halogens is 2. The molecule has 2 aromatic heterocycles. The molecule has 45 heavy (non-hydrogen) atoms. The summed E-state index contributed by atoms with van der Waals surface area (Å²) in [7, 11) is 0. The molecule has 232 valence electrons. The summed E-state index contributed by atoms with van der Waals surface area (Å²) in [5.74, 6) is 3.91. The Morgan fingerprint density at radius 3 is 2.67 bits per heavy atom. The Kier molecular flexibility index (Phi) is 7.18. The van der Waals surface area contributed by atoms with E-state index in [4.69, 9.17) is 21.4 Å². The number of aryl methyl sites for hydroxylation is 3. The Balaban J connectivity index is 1.37. The average molecular weight is 607 g/mol. The van der Waals surface area contributed by atoms with Crippen LogP contribution in [0.1, 0.15) is 69.1 Å². The van der Waals surface area contributed by atoms with Gasteiger partial charge in [0, 0.05) is 54.5 Å². The van der Waals surface area contributed by atoms with Crippen LogP contribution in [-0.2, 0) is 12.8 Å². The van der Waals surface area contributed by atoms with E-state index in [1.807, 2.05) is 19.1 Å². The second-order valence-electron chi connectivity index (χ2n) is 13.5. The van der Waals surface area contributed by atoms with E-state index in [2.05, 4.69) is 48.4 Å². The SMILES string of the molecule is C#Cc1c(F)ccc2cc(C)cc(-c3nc4c5c(nc(CCC)nc5c3F)N(C3CCC35CN(C(=C)NC(C)C)C5)CCC4)c12. The largest absolute Gasteiger partial charge is 0.370 e. The van der Waals surface area contributed by atoms with Gasteiger partial charge in [-0.3, -0.25) is 0 Å². The second kappa shape index (κ2) is 11.0. The number of hydrogen-bond acceptors (Lipinski definition) is 6. The minimum atomic E-state index is -0.509. The summed E-state index contributed by atoms with van der Waals surface area (Å²) in [5.41, 5.74) is 2.93. The van der Waals surface area contributed by atoms with Crippen molar-refractivity contribution in [2.75, 3.05) is 24.5 Å². The van der Waals surface area contributed by atoms with E-state index in [1.165, 1.54) is 6.07 Å². The van der Waals surface area contributed by atoms with Crippen molar-refractivity contribution >= 4 is 27.5 Å². The predicted octanol–water partition coefficient (Wildman–Crippen LogP) is 7.05. The molecule has 1 unspecified atom stereocenters. The van der Waals surface area contributed by atoms with Crippen LogP contribution in [0.3, 0.4) is 0 Å². The molecule has 7 rings (SSSR count). The van der Waals surface area contributed by atoms with Crippen LogP contribution in [0.5, 0.6) is 0 Å². The average Bonchev–Trinajstić information content (AvgIpc) is 3.13. The highest BCUT2D eigenvalue weighted by Gasteiger charge is 2.57. The second-order valence-corrected chi connectivity index (χ2v) is 13.5. The molecule has 6 nitrogen and oxygen atoms in total. The maximum Gasteiger partial charge on any atom is 0.175 e. The Morgan fingerprint density at radius 2 is 1.98 bits per heavy atom. The standard InChI is InChI=1S/C37H40F2N6/c1-7-10-30-42-35-32-28(41-34(33(35)39)26-18-22(5)17-24-12-13-27(38)25(8-2)31(24)26)11-9-16-45(36(32)43-30)29-14-15-37(29)19-44(20-37)23(6)40-21(3)4/h2,12-13,17-18,21,29,40H,6-7,9-11,14-16,19-20H2,1,3-5H3. The number of nitrogens with zero attached hydrogens (tertiary/aromatic N) is 5. The highest BCUT2D eigenvalue weighted by atomic mass is 19.1. The quantitative estimate of drug-likeness (QED) is 0.228. The van der Waals surface area contributed by atoms with Crippen molar-refractivity contribution in [2.24, 2.45) is 5.41 Å². The zero-order chi connectivity index (χ0) is 31.6. The highest BCUT2D eigenvalue weighted by Crippen LogP contribution is 2.53. The van der Waals surface area contributed by atoms with E-state index < -0.39 is 11.6 Å². The molecule has 2 aromatic carbocycles. The third-order valence-corrected chi connectivity index (χ3v) is 9.90. The number of aromatic nitrogens is 3. The monoisotopic (exact) mass is 606 g/mol. The van der Waals surface area contributed by atoms with Gasteiger partial charge in [-0.2, -0.15) is 0 Å². The van der Waals surface area contributed by atoms with E-state index in [0.717, 1.165) is 73.6 Å². The summed E-state index contributed by atoms with van der Waals surface area (Å²) in [6, 6.07) is 7.50. The Bertz CT molecular complexity index is 1900. The smallest absolute Gasteiger partial charge is 0.175 e. The third kappa shape index (κ3) is 4.70. The van der Waals surface area contributed by atoms with E-state index in [-0.39, 0.29) is 16.7 Å². The van der Waals surface area contributed by atoms with Crippen molar-refractivity contribution in [1.82, 2.24) is 25.2 Å². The maximum atomic E-state index is 17.0. The van der Waals surface area contributed by atoms with Gasteiger partial charge in [0.25, 0.3) is 0 Å². The molecule has 4 heterocycles. The van der Waals surface area contributed by atoms with Gasteiger partial charge < -0.3 is 15.1 Å². The van der Waals surface area contributed by atoms with Crippen LogP contribution in [0.2, 0.25) is 0 Å². The summed E-state index contributed by atoms with van der Waals surface area (Å²) in [6.07, 6.45) is 11.1. The van der Waals surface area contributed by atoms with Crippen LogP contribution >= 0.6 is 0 Å². The minimum Gasteiger partial charge on any atom is -0.370 e. The van der Waals surface area contributed by atoms with Crippen LogP contribution in [-0.4, -0.2) is 51.6 Å². The molecule has 1 N–H and O–H groups in total. The van der Waals surface area contributed by atoms with Crippen molar-refractivity contribution in [1.29, 1.82) is 0 Å². The van der Waals surface area contributed by atoms with E-state index >= 15 is 4.39 Å². The van der Waals surface area contributed by atoms with E-state index in [9.17, 15) is 4.39 Å². The lowest BCUT2D eigenvalue weighted by atomic mass is 9.59. The molecule has 8 heteroatoms. The van der Waals surface area contributed by atoms with Gasteiger partial charge in [0.1, 0.15) is 28.7 Å². The number of hydrogen-bond donors (Lipinski definition) is 1. The first-order valence-electron chi connectivity index (χ1n) is 16.2. The Hall–Kier alpha value is -4.25. The lowest BCUT2D eigenvalue weighted by Gasteiger charge is -2.64. The van der Waals surface area contributed by atoms with Gasteiger partial charge in [-0.1, -0.05) is 31.6 Å². The fraction of sp³-hybridized carbons (Fsp3) is 0.432. The first-order valence-corrected chi connectivity index (χ1v) is 16.2. The molecule has 0 bridgehead atoms. The number of rotatable bonds is 7. The molecule has 3 aliphatic rings. The number of benzene rings is 2. The zero-order valence-electron chi connectivity index (χ0n) is 26.6. The Labute approximate surface area is 264 Å². The number of pyridine rings is 1. The van der Waals surface area contributed by atoms with Crippen LogP contribution in [0.4, 0.5) is 14.6 Å². The third-order valence-electron chi connectivity index (χ3n) is 9.90. The van der Waals surface area contributed by atoms with Gasteiger partial charge in [0.15, 0.2) is 5.82 Å². The van der Waals surface area contributed by atoms with Crippen molar-refractivity contribution in [2.45, 2.75) is 78.3 Å². The number of anilines is 1. The van der Waals surface area contributed by atoms with Crippen molar-refractivity contribution in [3.05, 3.63) is 70.9 Å². The molecule has 4 aromatic rings. The van der Waals surface area contributed by atoms with Gasteiger partial charge in [0.05, 0.1) is 22.5 Å². The van der Waals surface area contributed by atoms with Crippen LogP contribution in [0.15, 0.2) is 36.7 Å². The van der Waals surface area contributed by atoms with Crippen LogP contribution in [0, 0.1) is 36.3 Å². The van der Waals surface area contributed by atoms with Crippen molar-refractivity contribution in [3.8, 4) is 23.6 Å². The van der Waals surface area contributed by atoms with Gasteiger partial charge in [-0.25, -0.2) is 23.7 Å². The minimum absolute atomic E-state index is 0.118. The van der Waals surface area contributed by atoms with Gasteiger partial charge in [-0.05, 0) is 76.0 Å². The summed E-state index contributed by atoms with van der Waals surface area (Å²) in [4.78, 5) is 19.7.